The summed E-state index contributed by atoms with van der Waals surface area (Å²) in [4.78, 5) is 0. The maximum Gasteiger partial charge on any atom is 0.0826 e. The first-order chi connectivity index (χ1) is 5.86. The molecule has 0 N–H and O–H groups in total. The minimum Gasteiger partial charge on any atom is -0.374 e. The molecule has 1 aliphatic heterocycles. The van der Waals surface area contributed by atoms with Gasteiger partial charge in [-0.3, -0.25) is 0 Å². The molecule has 64 valence electrons. The van der Waals surface area contributed by atoms with Gasteiger partial charge in [0.05, 0.1) is 6.10 Å². The lowest BCUT2D eigenvalue weighted by Gasteiger charge is -2.09. The number of rotatable bonds is 1. The quantitative estimate of drug-likeness (QED) is 0.715. The van der Waals surface area contributed by atoms with Gasteiger partial charge in [0.15, 0.2) is 0 Å². The van der Waals surface area contributed by atoms with Gasteiger partial charge in [-0.1, -0.05) is 28.1 Å². The molecule has 1 unspecified atom stereocenters. The van der Waals surface area contributed by atoms with Gasteiger partial charge in [-0.2, -0.15) is 0 Å². The zero-order valence-corrected chi connectivity index (χ0v) is 8.38. The molecule has 1 heterocycles. The van der Waals surface area contributed by atoms with Gasteiger partial charge in [0.2, 0.25) is 0 Å². The Morgan fingerprint density at radius 3 is 3.00 bits per heavy atom. The Kier molecular flexibility index (Phi) is 2.47. The molecule has 0 bridgehead atoms. The van der Waals surface area contributed by atoms with Crippen LogP contribution >= 0.6 is 15.9 Å². The molecule has 1 saturated heterocycles. The summed E-state index contributed by atoms with van der Waals surface area (Å²) in [6, 6.07) is 8.36. The molecule has 2 rings (SSSR count). The standard InChI is InChI=1S/C10H11BrO/c11-9-4-1-3-8(7-9)10-5-2-6-12-10/h1,3-4,7,10H,2,5-6H2. The highest BCUT2D eigenvalue weighted by molar-refractivity contribution is 9.10. The fraction of sp³-hybridized carbons (Fsp3) is 0.400. The van der Waals surface area contributed by atoms with Gasteiger partial charge in [-0.25, -0.2) is 0 Å². The van der Waals surface area contributed by atoms with E-state index >= 15 is 0 Å². The Morgan fingerprint density at radius 2 is 2.33 bits per heavy atom. The molecule has 1 nitrogen and oxygen atoms in total. The van der Waals surface area contributed by atoms with Crippen molar-refractivity contribution in [1.29, 1.82) is 0 Å². The molecular formula is C10H11BrO. The SMILES string of the molecule is Brc1cccc(C2CCCO2)c1. The van der Waals surface area contributed by atoms with Crippen LogP contribution in [0.1, 0.15) is 24.5 Å². The molecule has 2 heteroatoms. The van der Waals surface area contributed by atoms with E-state index in [1.165, 1.54) is 12.0 Å². The molecule has 0 spiro atoms. The lowest BCUT2D eigenvalue weighted by molar-refractivity contribution is 0.112. The zero-order valence-electron chi connectivity index (χ0n) is 6.79. The van der Waals surface area contributed by atoms with Crippen molar-refractivity contribution in [3.05, 3.63) is 34.3 Å². The topological polar surface area (TPSA) is 9.23 Å². The molecule has 0 amide bonds. The highest BCUT2D eigenvalue weighted by Gasteiger charge is 2.17. The van der Waals surface area contributed by atoms with Gasteiger partial charge in [0.25, 0.3) is 0 Å². The molecule has 1 atom stereocenters. The predicted octanol–water partition coefficient (Wildman–Crippen LogP) is 3.30. The maximum absolute atomic E-state index is 5.57. The lowest BCUT2D eigenvalue weighted by Crippen LogP contribution is -1.94. The summed E-state index contributed by atoms with van der Waals surface area (Å²) in [5, 5.41) is 0. The third-order valence-corrected chi connectivity index (χ3v) is 2.64. The van der Waals surface area contributed by atoms with Crippen molar-refractivity contribution in [2.45, 2.75) is 18.9 Å². The van der Waals surface area contributed by atoms with E-state index < -0.39 is 0 Å². The number of hydrogen-bond donors (Lipinski definition) is 0. The van der Waals surface area contributed by atoms with E-state index in [1.807, 2.05) is 6.07 Å². The van der Waals surface area contributed by atoms with E-state index in [0.717, 1.165) is 17.5 Å². The van der Waals surface area contributed by atoms with Gasteiger partial charge >= 0.3 is 0 Å². The third-order valence-electron chi connectivity index (χ3n) is 2.15. The molecule has 1 fully saturated rings. The van der Waals surface area contributed by atoms with Crippen molar-refractivity contribution >= 4 is 15.9 Å². The first-order valence-corrected chi connectivity index (χ1v) is 5.02. The number of halogens is 1. The summed E-state index contributed by atoms with van der Waals surface area (Å²) in [6.45, 7) is 0.914. The summed E-state index contributed by atoms with van der Waals surface area (Å²) in [5.41, 5.74) is 1.29. The van der Waals surface area contributed by atoms with Crippen LogP contribution in [-0.4, -0.2) is 6.61 Å². The molecule has 1 aliphatic rings. The first-order valence-electron chi connectivity index (χ1n) is 4.23. The lowest BCUT2D eigenvalue weighted by atomic mass is 10.1. The minimum absolute atomic E-state index is 0.336. The van der Waals surface area contributed by atoms with Crippen LogP contribution in [-0.2, 0) is 4.74 Å². The Morgan fingerprint density at radius 1 is 1.42 bits per heavy atom. The van der Waals surface area contributed by atoms with E-state index in [9.17, 15) is 0 Å². The highest BCUT2D eigenvalue weighted by atomic mass is 79.9. The highest BCUT2D eigenvalue weighted by Crippen LogP contribution is 2.29. The Labute approximate surface area is 80.9 Å². The summed E-state index contributed by atoms with van der Waals surface area (Å²) < 4.78 is 6.71. The van der Waals surface area contributed by atoms with Crippen LogP contribution < -0.4 is 0 Å². The Balaban J connectivity index is 2.21. The predicted molar refractivity (Wildman–Crippen MR) is 52.1 cm³/mol. The second kappa shape index (κ2) is 3.58. The largest absolute Gasteiger partial charge is 0.374 e. The Hall–Kier alpha value is -0.340. The number of hydrogen-bond acceptors (Lipinski definition) is 1. The van der Waals surface area contributed by atoms with Crippen LogP contribution in [0.3, 0.4) is 0 Å². The molecule has 1 aromatic carbocycles. The smallest absolute Gasteiger partial charge is 0.0826 e. The van der Waals surface area contributed by atoms with Crippen molar-refractivity contribution in [1.82, 2.24) is 0 Å². The van der Waals surface area contributed by atoms with Gasteiger partial charge in [0.1, 0.15) is 0 Å². The van der Waals surface area contributed by atoms with Crippen LogP contribution in [0, 0.1) is 0 Å². The van der Waals surface area contributed by atoms with Crippen molar-refractivity contribution in [3.63, 3.8) is 0 Å². The molecule has 0 radical (unpaired) electrons. The number of benzene rings is 1. The van der Waals surface area contributed by atoms with Gasteiger partial charge in [-0.15, -0.1) is 0 Å². The summed E-state index contributed by atoms with van der Waals surface area (Å²) in [6.07, 6.45) is 2.69. The van der Waals surface area contributed by atoms with E-state index in [2.05, 4.69) is 34.1 Å². The number of ether oxygens (including phenoxy) is 1. The molecule has 0 saturated carbocycles. The minimum atomic E-state index is 0.336. The van der Waals surface area contributed by atoms with Crippen LogP contribution in [0.15, 0.2) is 28.7 Å². The van der Waals surface area contributed by atoms with Gasteiger partial charge in [0, 0.05) is 11.1 Å². The molecule has 1 aromatic rings. The van der Waals surface area contributed by atoms with Crippen LogP contribution in [0.4, 0.5) is 0 Å². The fourth-order valence-corrected chi connectivity index (χ4v) is 1.96. The van der Waals surface area contributed by atoms with Crippen molar-refractivity contribution in [3.8, 4) is 0 Å². The first kappa shape index (κ1) is 8.27. The van der Waals surface area contributed by atoms with Gasteiger partial charge < -0.3 is 4.74 Å². The molecule has 0 aromatic heterocycles. The van der Waals surface area contributed by atoms with Crippen LogP contribution in [0.25, 0.3) is 0 Å². The molecular weight excluding hydrogens is 216 g/mol. The van der Waals surface area contributed by atoms with Crippen molar-refractivity contribution in [2.75, 3.05) is 6.61 Å². The van der Waals surface area contributed by atoms with Crippen molar-refractivity contribution in [2.24, 2.45) is 0 Å². The van der Waals surface area contributed by atoms with E-state index in [-0.39, 0.29) is 0 Å². The fourth-order valence-electron chi connectivity index (χ4n) is 1.55. The van der Waals surface area contributed by atoms with Crippen LogP contribution in [0.2, 0.25) is 0 Å². The maximum atomic E-state index is 5.57. The van der Waals surface area contributed by atoms with Gasteiger partial charge in [-0.05, 0) is 30.5 Å². The summed E-state index contributed by atoms with van der Waals surface area (Å²) >= 11 is 3.45. The Bertz CT molecular complexity index is 266. The summed E-state index contributed by atoms with van der Waals surface area (Å²) in [5.74, 6) is 0. The van der Waals surface area contributed by atoms with Crippen molar-refractivity contribution < 1.29 is 4.74 Å². The van der Waals surface area contributed by atoms with Crippen LogP contribution in [0.5, 0.6) is 0 Å². The van der Waals surface area contributed by atoms with E-state index in [0.29, 0.717) is 6.10 Å². The van der Waals surface area contributed by atoms with E-state index in [4.69, 9.17) is 4.74 Å². The second-order valence-electron chi connectivity index (χ2n) is 3.06. The second-order valence-corrected chi connectivity index (χ2v) is 3.97. The molecule has 0 aliphatic carbocycles. The average Bonchev–Trinajstić information content (AvgIpc) is 2.56. The summed E-state index contributed by atoms with van der Waals surface area (Å²) in [7, 11) is 0. The normalized spacial score (nSPS) is 22.9. The molecule has 12 heavy (non-hydrogen) atoms. The monoisotopic (exact) mass is 226 g/mol. The zero-order chi connectivity index (χ0) is 8.39. The average molecular weight is 227 g/mol. The third kappa shape index (κ3) is 1.70. The van der Waals surface area contributed by atoms with E-state index in [1.54, 1.807) is 0 Å².